The average molecular weight is 318 g/mol. The summed E-state index contributed by atoms with van der Waals surface area (Å²) in [5.41, 5.74) is 6.69. The van der Waals surface area contributed by atoms with E-state index in [4.69, 9.17) is 5.73 Å². The van der Waals surface area contributed by atoms with E-state index in [2.05, 4.69) is 22.9 Å². The molecular weight excluding hydrogens is 292 g/mol. The van der Waals surface area contributed by atoms with Gasteiger partial charge < -0.3 is 21.7 Å². The highest BCUT2D eigenvalue weighted by atomic mass is 16.2. The second kappa shape index (κ2) is 8.53. The van der Waals surface area contributed by atoms with E-state index in [-0.39, 0.29) is 5.91 Å². The fraction of sp³-hybridized carbons (Fsp3) is 0.529. The number of rotatable bonds is 6. The van der Waals surface area contributed by atoms with Crippen LogP contribution in [-0.4, -0.2) is 25.0 Å². The summed E-state index contributed by atoms with van der Waals surface area (Å²) >= 11 is 0. The number of hydrogen-bond donors (Lipinski definition) is 4. The van der Waals surface area contributed by atoms with Crippen molar-refractivity contribution in [3.8, 4) is 0 Å². The van der Waals surface area contributed by atoms with Crippen LogP contribution in [0.4, 0.5) is 10.5 Å². The summed E-state index contributed by atoms with van der Waals surface area (Å²) in [5.74, 6) is 1.15. The molecule has 0 aliphatic carbocycles. The lowest BCUT2D eigenvalue weighted by Gasteiger charge is -2.27. The van der Waals surface area contributed by atoms with Crippen LogP contribution in [0.3, 0.4) is 0 Å². The Morgan fingerprint density at radius 3 is 2.52 bits per heavy atom. The molecule has 1 unspecified atom stereocenters. The average Bonchev–Trinajstić information content (AvgIpc) is 2.54. The Labute approximate surface area is 137 Å². The van der Waals surface area contributed by atoms with Crippen molar-refractivity contribution in [1.29, 1.82) is 0 Å². The van der Waals surface area contributed by atoms with Gasteiger partial charge in [-0.3, -0.25) is 4.79 Å². The Morgan fingerprint density at radius 1 is 1.26 bits per heavy atom. The summed E-state index contributed by atoms with van der Waals surface area (Å²) in [6, 6.07) is 6.68. The maximum absolute atomic E-state index is 12.1. The third-order valence-electron chi connectivity index (χ3n) is 4.41. The number of nitrogens with two attached hydrogens (primary N) is 1. The highest BCUT2D eigenvalue weighted by molar-refractivity contribution is 5.87. The van der Waals surface area contributed by atoms with Crippen LogP contribution in [0.5, 0.6) is 0 Å². The fourth-order valence-corrected chi connectivity index (χ4v) is 2.99. The number of amides is 3. The van der Waals surface area contributed by atoms with Crippen molar-refractivity contribution < 1.29 is 9.59 Å². The second-order valence-corrected chi connectivity index (χ2v) is 6.23. The van der Waals surface area contributed by atoms with Crippen molar-refractivity contribution in [3.63, 3.8) is 0 Å². The SMILES string of the molecule is CC(CC(=O)NCc1ccc(NC(N)=O)cc1)C1CCNCC1. The molecule has 5 N–H and O–H groups in total. The van der Waals surface area contributed by atoms with Crippen LogP contribution >= 0.6 is 0 Å². The first-order valence-electron chi connectivity index (χ1n) is 8.17. The molecule has 23 heavy (non-hydrogen) atoms. The second-order valence-electron chi connectivity index (χ2n) is 6.23. The normalized spacial score (nSPS) is 16.6. The molecule has 6 nitrogen and oxygen atoms in total. The van der Waals surface area contributed by atoms with Crippen LogP contribution in [0.15, 0.2) is 24.3 Å². The number of piperidine rings is 1. The molecular formula is C17H26N4O2. The molecule has 0 spiro atoms. The Hall–Kier alpha value is -2.08. The van der Waals surface area contributed by atoms with Crippen LogP contribution in [0, 0.1) is 11.8 Å². The third-order valence-corrected chi connectivity index (χ3v) is 4.41. The highest BCUT2D eigenvalue weighted by Gasteiger charge is 2.21. The molecule has 126 valence electrons. The fourth-order valence-electron chi connectivity index (χ4n) is 2.99. The highest BCUT2D eigenvalue weighted by Crippen LogP contribution is 2.24. The van der Waals surface area contributed by atoms with Gasteiger partial charge in [0, 0.05) is 18.7 Å². The van der Waals surface area contributed by atoms with Crippen LogP contribution in [0.25, 0.3) is 0 Å². The van der Waals surface area contributed by atoms with E-state index in [1.54, 1.807) is 12.1 Å². The smallest absolute Gasteiger partial charge is 0.316 e. The minimum absolute atomic E-state index is 0.0929. The maximum atomic E-state index is 12.1. The molecule has 3 amide bonds. The van der Waals surface area contributed by atoms with Crippen LogP contribution < -0.4 is 21.7 Å². The predicted octanol–water partition coefficient (Wildman–Crippen LogP) is 1.82. The predicted molar refractivity (Wildman–Crippen MR) is 90.9 cm³/mol. The van der Waals surface area contributed by atoms with Gasteiger partial charge in [0.25, 0.3) is 0 Å². The van der Waals surface area contributed by atoms with Gasteiger partial charge in [-0.15, -0.1) is 0 Å². The molecule has 1 aliphatic rings. The number of urea groups is 1. The van der Waals surface area contributed by atoms with E-state index in [0.717, 1.165) is 31.5 Å². The summed E-state index contributed by atoms with van der Waals surface area (Å²) in [4.78, 5) is 22.8. The van der Waals surface area contributed by atoms with E-state index < -0.39 is 6.03 Å². The van der Waals surface area contributed by atoms with Crippen LogP contribution in [0.1, 0.15) is 31.7 Å². The van der Waals surface area contributed by atoms with Crippen molar-refractivity contribution in [1.82, 2.24) is 10.6 Å². The van der Waals surface area contributed by atoms with Gasteiger partial charge in [0.2, 0.25) is 5.91 Å². The molecule has 0 bridgehead atoms. The number of hydrogen-bond acceptors (Lipinski definition) is 3. The van der Waals surface area contributed by atoms with Gasteiger partial charge in [0.15, 0.2) is 0 Å². The molecule has 0 saturated carbocycles. The van der Waals surface area contributed by atoms with Gasteiger partial charge in [0.1, 0.15) is 0 Å². The minimum Gasteiger partial charge on any atom is -0.352 e. The number of nitrogens with one attached hydrogen (secondary N) is 3. The molecule has 1 aliphatic heterocycles. The zero-order chi connectivity index (χ0) is 16.7. The summed E-state index contributed by atoms with van der Waals surface area (Å²) in [6.45, 7) is 4.78. The molecule has 0 radical (unpaired) electrons. The van der Waals surface area contributed by atoms with Gasteiger partial charge in [-0.25, -0.2) is 4.79 Å². The standard InChI is InChI=1S/C17H26N4O2/c1-12(14-6-8-19-9-7-14)10-16(22)20-11-13-2-4-15(5-3-13)21-17(18)23/h2-5,12,14,19H,6-11H2,1H3,(H,20,22)(H3,18,21,23). The largest absolute Gasteiger partial charge is 0.352 e. The first-order valence-corrected chi connectivity index (χ1v) is 8.17. The number of carbonyl (C=O) groups excluding carboxylic acids is 2. The van der Waals surface area contributed by atoms with Gasteiger partial charge in [0.05, 0.1) is 0 Å². The molecule has 6 heteroatoms. The van der Waals surface area contributed by atoms with E-state index >= 15 is 0 Å². The van der Waals surface area contributed by atoms with E-state index in [0.29, 0.717) is 30.5 Å². The molecule has 1 saturated heterocycles. The van der Waals surface area contributed by atoms with E-state index in [1.165, 1.54) is 0 Å². The zero-order valence-corrected chi connectivity index (χ0v) is 13.6. The van der Waals surface area contributed by atoms with Crippen molar-refractivity contribution in [2.45, 2.75) is 32.7 Å². The number of primary amides is 1. The minimum atomic E-state index is -0.585. The Balaban J connectivity index is 1.74. The first kappa shape index (κ1) is 17.3. The van der Waals surface area contributed by atoms with Crippen molar-refractivity contribution in [2.24, 2.45) is 17.6 Å². The molecule has 1 aromatic carbocycles. The summed E-state index contributed by atoms with van der Waals surface area (Å²) in [7, 11) is 0. The first-order chi connectivity index (χ1) is 11.0. The Morgan fingerprint density at radius 2 is 1.91 bits per heavy atom. The third kappa shape index (κ3) is 5.90. The Bertz CT molecular complexity index is 524. The van der Waals surface area contributed by atoms with Gasteiger partial charge >= 0.3 is 6.03 Å². The number of carbonyl (C=O) groups is 2. The van der Waals surface area contributed by atoms with Gasteiger partial charge in [-0.2, -0.15) is 0 Å². The lowest BCUT2D eigenvalue weighted by atomic mass is 9.84. The van der Waals surface area contributed by atoms with Gasteiger partial charge in [-0.05, 0) is 55.5 Å². The van der Waals surface area contributed by atoms with E-state index in [1.807, 2.05) is 12.1 Å². The lowest BCUT2D eigenvalue weighted by molar-refractivity contribution is -0.122. The van der Waals surface area contributed by atoms with Crippen molar-refractivity contribution in [3.05, 3.63) is 29.8 Å². The Kier molecular flexibility index (Phi) is 6.40. The van der Waals surface area contributed by atoms with Crippen LogP contribution in [-0.2, 0) is 11.3 Å². The monoisotopic (exact) mass is 318 g/mol. The molecule has 1 heterocycles. The molecule has 0 aromatic heterocycles. The summed E-state index contributed by atoms with van der Waals surface area (Å²) in [6.07, 6.45) is 2.89. The molecule has 1 atom stereocenters. The summed E-state index contributed by atoms with van der Waals surface area (Å²) < 4.78 is 0. The van der Waals surface area contributed by atoms with E-state index in [9.17, 15) is 9.59 Å². The molecule has 1 fully saturated rings. The quantitative estimate of drug-likeness (QED) is 0.644. The lowest BCUT2D eigenvalue weighted by Crippen LogP contribution is -2.33. The summed E-state index contributed by atoms with van der Waals surface area (Å²) in [5, 5.41) is 8.82. The van der Waals surface area contributed by atoms with Crippen LogP contribution in [0.2, 0.25) is 0 Å². The molecule has 1 aromatic rings. The molecule has 2 rings (SSSR count). The zero-order valence-electron chi connectivity index (χ0n) is 13.6. The number of benzene rings is 1. The van der Waals surface area contributed by atoms with Crippen molar-refractivity contribution >= 4 is 17.6 Å². The van der Waals surface area contributed by atoms with Crippen molar-refractivity contribution in [2.75, 3.05) is 18.4 Å². The maximum Gasteiger partial charge on any atom is 0.316 e. The topological polar surface area (TPSA) is 96.2 Å². The van der Waals surface area contributed by atoms with Gasteiger partial charge in [-0.1, -0.05) is 19.1 Å². The number of anilines is 1.